The van der Waals surface area contributed by atoms with Crippen LogP contribution in [-0.4, -0.2) is 16.5 Å². The molecule has 0 spiro atoms. The van der Waals surface area contributed by atoms with Gasteiger partial charge < -0.3 is 5.32 Å². The molecule has 2 rings (SSSR count). The highest BCUT2D eigenvalue weighted by Gasteiger charge is 2.17. The van der Waals surface area contributed by atoms with Crippen LogP contribution in [0.5, 0.6) is 0 Å². The molecule has 3 nitrogen and oxygen atoms in total. The summed E-state index contributed by atoms with van der Waals surface area (Å²) in [6.45, 7) is 3.08. The minimum Gasteiger partial charge on any atom is -0.305 e. The van der Waals surface area contributed by atoms with Gasteiger partial charge in [0, 0.05) is 27.5 Å². The first-order valence-corrected chi connectivity index (χ1v) is 7.75. The molecule has 0 bridgehead atoms. The number of hydrogen-bond acceptors (Lipinski definition) is 3. The van der Waals surface area contributed by atoms with Crippen LogP contribution in [0.4, 0.5) is 0 Å². The average Bonchev–Trinajstić information content (AvgIpc) is 2.42. The Hall–Kier alpha value is -0.780. The van der Waals surface area contributed by atoms with Crippen molar-refractivity contribution < 1.29 is 0 Å². The third-order valence-corrected chi connectivity index (χ3v) is 3.79. The lowest BCUT2D eigenvalue weighted by atomic mass is 10.1. The fourth-order valence-corrected chi connectivity index (χ4v) is 3.06. The topological polar surface area (TPSA) is 37.8 Å². The van der Waals surface area contributed by atoms with Crippen molar-refractivity contribution >= 4 is 31.9 Å². The van der Waals surface area contributed by atoms with Gasteiger partial charge in [0.2, 0.25) is 0 Å². The second kappa shape index (κ2) is 7.12. The summed E-state index contributed by atoms with van der Waals surface area (Å²) < 4.78 is 1.95. The van der Waals surface area contributed by atoms with Crippen molar-refractivity contribution in [3.63, 3.8) is 0 Å². The number of rotatable bonds is 5. The molecule has 0 aliphatic rings. The molecule has 0 aromatic carbocycles. The summed E-state index contributed by atoms with van der Waals surface area (Å²) in [5.74, 6) is 0. The number of pyridine rings is 2. The van der Waals surface area contributed by atoms with E-state index in [4.69, 9.17) is 0 Å². The molecule has 0 amide bonds. The maximum atomic E-state index is 4.52. The Labute approximate surface area is 130 Å². The normalized spacial score (nSPS) is 12.4. The molecule has 2 aromatic heterocycles. The van der Waals surface area contributed by atoms with Crippen molar-refractivity contribution in [1.82, 2.24) is 15.3 Å². The molecule has 0 aliphatic heterocycles. The molecule has 2 heterocycles. The number of aromatic nitrogens is 2. The van der Waals surface area contributed by atoms with Crippen LogP contribution in [0.15, 0.2) is 45.7 Å². The van der Waals surface area contributed by atoms with Crippen LogP contribution >= 0.6 is 31.9 Å². The van der Waals surface area contributed by atoms with Crippen molar-refractivity contribution in [2.24, 2.45) is 0 Å². The lowest BCUT2D eigenvalue weighted by Crippen LogP contribution is -2.24. The zero-order valence-corrected chi connectivity index (χ0v) is 13.8. The number of hydrogen-bond donors (Lipinski definition) is 1. The smallest absolute Gasteiger partial charge is 0.0777 e. The quantitative estimate of drug-likeness (QED) is 0.843. The van der Waals surface area contributed by atoms with E-state index < -0.39 is 0 Å². The van der Waals surface area contributed by atoms with Gasteiger partial charge in [-0.05, 0) is 62.5 Å². The van der Waals surface area contributed by atoms with E-state index in [1.165, 1.54) is 0 Å². The van der Waals surface area contributed by atoms with Crippen molar-refractivity contribution in [1.29, 1.82) is 0 Å². The van der Waals surface area contributed by atoms with E-state index in [2.05, 4.69) is 60.1 Å². The zero-order chi connectivity index (χ0) is 13.7. The van der Waals surface area contributed by atoms with Gasteiger partial charge in [0.1, 0.15) is 0 Å². The Morgan fingerprint density at radius 2 is 2.16 bits per heavy atom. The van der Waals surface area contributed by atoms with Crippen LogP contribution in [0.1, 0.15) is 30.6 Å². The van der Waals surface area contributed by atoms with Gasteiger partial charge in [-0.3, -0.25) is 9.97 Å². The fraction of sp³-hybridized carbons (Fsp3) is 0.286. The van der Waals surface area contributed by atoms with Crippen LogP contribution in [0.2, 0.25) is 0 Å². The third-order valence-electron chi connectivity index (χ3n) is 2.73. The summed E-state index contributed by atoms with van der Waals surface area (Å²) in [5, 5.41) is 3.51. The molecule has 0 aliphatic carbocycles. The molecule has 100 valence electrons. The van der Waals surface area contributed by atoms with Crippen molar-refractivity contribution in [3.8, 4) is 0 Å². The Bertz CT molecular complexity index is 531. The molecule has 19 heavy (non-hydrogen) atoms. The largest absolute Gasteiger partial charge is 0.305 e. The highest BCUT2D eigenvalue weighted by molar-refractivity contribution is 9.11. The monoisotopic (exact) mass is 383 g/mol. The molecule has 5 heteroatoms. The van der Waals surface area contributed by atoms with Crippen LogP contribution < -0.4 is 5.32 Å². The van der Waals surface area contributed by atoms with Gasteiger partial charge in [-0.1, -0.05) is 13.0 Å². The van der Waals surface area contributed by atoms with Gasteiger partial charge in [-0.25, -0.2) is 0 Å². The molecule has 1 unspecified atom stereocenters. The molecule has 0 radical (unpaired) electrons. The molecular formula is C14H15Br2N3. The summed E-state index contributed by atoms with van der Waals surface area (Å²) in [6, 6.07) is 6.08. The predicted octanol–water partition coefficient (Wildman–Crippen LogP) is 4.09. The first-order valence-electron chi connectivity index (χ1n) is 6.16. The summed E-state index contributed by atoms with van der Waals surface area (Å²) >= 11 is 7.01. The van der Waals surface area contributed by atoms with Gasteiger partial charge in [0.05, 0.1) is 11.7 Å². The van der Waals surface area contributed by atoms with E-state index in [0.29, 0.717) is 0 Å². The molecule has 1 atom stereocenters. The Balaban J connectivity index is 2.37. The predicted molar refractivity (Wildman–Crippen MR) is 84.0 cm³/mol. The van der Waals surface area contributed by atoms with Crippen molar-refractivity contribution in [3.05, 3.63) is 57.0 Å². The van der Waals surface area contributed by atoms with Gasteiger partial charge in [-0.15, -0.1) is 0 Å². The van der Waals surface area contributed by atoms with E-state index in [1.807, 2.05) is 24.5 Å². The number of halogens is 2. The Morgan fingerprint density at radius 1 is 1.32 bits per heavy atom. The summed E-state index contributed by atoms with van der Waals surface area (Å²) in [7, 11) is 0. The molecule has 0 fully saturated rings. The molecule has 1 N–H and O–H groups in total. The molecular weight excluding hydrogens is 370 g/mol. The molecule has 0 saturated carbocycles. The summed E-state index contributed by atoms with van der Waals surface area (Å²) in [5.41, 5.74) is 2.09. The van der Waals surface area contributed by atoms with Crippen molar-refractivity contribution in [2.45, 2.75) is 19.4 Å². The minimum atomic E-state index is 0.0520. The number of nitrogens with zero attached hydrogens (tertiary/aromatic N) is 2. The lowest BCUT2D eigenvalue weighted by molar-refractivity contribution is 0.583. The number of nitrogens with one attached hydrogen (secondary N) is 1. The average molecular weight is 385 g/mol. The SMILES string of the molecule is CCCNC(c1cccnc1)c1ncc(Br)cc1Br. The summed E-state index contributed by atoms with van der Waals surface area (Å²) in [4.78, 5) is 8.72. The van der Waals surface area contributed by atoms with E-state index in [0.717, 1.165) is 33.2 Å². The van der Waals surface area contributed by atoms with Gasteiger partial charge in [0.25, 0.3) is 0 Å². The highest BCUT2D eigenvalue weighted by atomic mass is 79.9. The Kier molecular flexibility index (Phi) is 5.48. The summed E-state index contributed by atoms with van der Waals surface area (Å²) in [6.07, 6.45) is 6.55. The van der Waals surface area contributed by atoms with E-state index in [1.54, 1.807) is 6.20 Å². The zero-order valence-electron chi connectivity index (χ0n) is 10.6. The van der Waals surface area contributed by atoms with Gasteiger partial charge >= 0.3 is 0 Å². The minimum absolute atomic E-state index is 0.0520. The highest BCUT2D eigenvalue weighted by Crippen LogP contribution is 2.28. The lowest BCUT2D eigenvalue weighted by Gasteiger charge is -2.19. The Morgan fingerprint density at radius 3 is 2.79 bits per heavy atom. The van der Waals surface area contributed by atoms with Crippen LogP contribution in [0.3, 0.4) is 0 Å². The maximum Gasteiger partial charge on any atom is 0.0777 e. The van der Waals surface area contributed by atoms with E-state index >= 15 is 0 Å². The van der Waals surface area contributed by atoms with Crippen molar-refractivity contribution in [2.75, 3.05) is 6.54 Å². The van der Waals surface area contributed by atoms with Gasteiger partial charge in [-0.2, -0.15) is 0 Å². The molecule has 2 aromatic rings. The van der Waals surface area contributed by atoms with Crippen LogP contribution in [0, 0.1) is 0 Å². The third kappa shape index (κ3) is 3.84. The van der Waals surface area contributed by atoms with Crippen LogP contribution in [0.25, 0.3) is 0 Å². The second-order valence-corrected chi connectivity index (χ2v) is 5.96. The second-order valence-electron chi connectivity index (χ2n) is 4.19. The first kappa shape index (κ1) is 14.6. The maximum absolute atomic E-state index is 4.52. The first-order chi connectivity index (χ1) is 9.22. The standard InChI is InChI=1S/C14H15Br2N3/c1-2-5-18-13(10-4-3-6-17-8-10)14-12(16)7-11(15)9-19-14/h3-4,6-9,13,18H,2,5H2,1H3. The van der Waals surface area contributed by atoms with Crippen LogP contribution in [-0.2, 0) is 0 Å². The van der Waals surface area contributed by atoms with Gasteiger partial charge in [0.15, 0.2) is 0 Å². The van der Waals surface area contributed by atoms with E-state index in [-0.39, 0.29) is 6.04 Å². The molecule has 0 saturated heterocycles. The van der Waals surface area contributed by atoms with E-state index in [9.17, 15) is 0 Å². The fourth-order valence-electron chi connectivity index (χ4n) is 1.85.